The zero-order chi connectivity index (χ0) is 10.7. The van der Waals surface area contributed by atoms with Crippen LogP contribution in [0.25, 0.3) is 0 Å². The predicted molar refractivity (Wildman–Crippen MR) is 57.6 cm³/mol. The van der Waals surface area contributed by atoms with E-state index < -0.39 is 0 Å². The summed E-state index contributed by atoms with van der Waals surface area (Å²) in [4.78, 5) is 5.36. The van der Waals surface area contributed by atoms with Gasteiger partial charge in [-0.15, -0.1) is 11.6 Å². The van der Waals surface area contributed by atoms with Crippen molar-refractivity contribution in [1.29, 1.82) is 0 Å². The van der Waals surface area contributed by atoms with Crippen molar-refractivity contribution in [2.24, 2.45) is 0 Å². The van der Waals surface area contributed by atoms with Crippen molar-refractivity contribution < 1.29 is 9.57 Å². The predicted octanol–water partition coefficient (Wildman–Crippen LogP) is 1.38. The molecule has 0 bridgehead atoms. The first kappa shape index (κ1) is 10.7. The number of hydroxylamine groups is 1. The Morgan fingerprint density at radius 3 is 2.93 bits per heavy atom. The number of rotatable bonds is 3. The average molecular weight is 229 g/mol. The van der Waals surface area contributed by atoms with E-state index in [-0.39, 0.29) is 12.4 Å². The minimum atomic E-state index is -0.218. The topological polar surface area (TPSA) is 42.5 Å². The number of methoxy groups -OCH3 is 1. The van der Waals surface area contributed by atoms with Crippen LogP contribution in [0, 0.1) is 0 Å². The highest BCUT2D eigenvalue weighted by atomic mass is 35.5. The molecule has 82 valence electrons. The summed E-state index contributed by atoms with van der Waals surface area (Å²) in [5, 5.41) is 3.19. The number of para-hydroxylation sites is 1. The molecule has 0 amide bonds. The van der Waals surface area contributed by atoms with Gasteiger partial charge in [0.2, 0.25) is 0 Å². The van der Waals surface area contributed by atoms with E-state index in [0.29, 0.717) is 5.88 Å². The second-order valence-corrected chi connectivity index (χ2v) is 3.54. The molecule has 2 unspecified atom stereocenters. The van der Waals surface area contributed by atoms with Crippen LogP contribution < -0.4 is 15.5 Å². The summed E-state index contributed by atoms with van der Waals surface area (Å²) in [5.74, 6) is 1.25. The fourth-order valence-electron chi connectivity index (χ4n) is 1.51. The number of halogens is 1. The third-order valence-corrected chi connectivity index (χ3v) is 2.57. The van der Waals surface area contributed by atoms with E-state index >= 15 is 0 Å². The quantitative estimate of drug-likeness (QED) is 0.768. The standard InChI is InChI=1S/C10H13ClN2O2/c1-14-8-5-3-2-4-7(8)10-12-9(6-11)13-15-10/h2-5,9-10,12-13H,6H2,1H3. The van der Waals surface area contributed by atoms with Crippen LogP contribution in [-0.4, -0.2) is 19.2 Å². The lowest BCUT2D eigenvalue weighted by molar-refractivity contribution is 0.0216. The van der Waals surface area contributed by atoms with E-state index in [2.05, 4.69) is 10.8 Å². The lowest BCUT2D eigenvalue weighted by Crippen LogP contribution is -2.32. The molecule has 1 aromatic rings. The van der Waals surface area contributed by atoms with Crippen molar-refractivity contribution in [3.63, 3.8) is 0 Å². The summed E-state index contributed by atoms with van der Waals surface area (Å²) in [6.45, 7) is 0. The summed E-state index contributed by atoms with van der Waals surface area (Å²) >= 11 is 5.70. The Kier molecular flexibility index (Phi) is 3.43. The summed E-state index contributed by atoms with van der Waals surface area (Å²) in [5.41, 5.74) is 3.77. The molecular weight excluding hydrogens is 216 g/mol. The molecule has 1 aromatic carbocycles. The smallest absolute Gasteiger partial charge is 0.160 e. The van der Waals surface area contributed by atoms with Crippen LogP contribution in [0.15, 0.2) is 24.3 Å². The van der Waals surface area contributed by atoms with Crippen molar-refractivity contribution in [3.8, 4) is 5.75 Å². The summed E-state index contributed by atoms with van der Waals surface area (Å²) in [6, 6.07) is 7.71. The Balaban J connectivity index is 2.16. The maximum atomic E-state index is 5.70. The molecule has 2 rings (SSSR count). The van der Waals surface area contributed by atoms with Crippen LogP contribution in [0.5, 0.6) is 5.75 Å². The SMILES string of the molecule is COc1ccccc1C1NC(CCl)NO1. The molecule has 2 N–H and O–H groups in total. The van der Waals surface area contributed by atoms with Gasteiger partial charge >= 0.3 is 0 Å². The molecule has 1 aliphatic heterocycles. The number of alkyl halides is 1. The highest BCUT2D eigenvalue weighted by Crippen LogP contribution is 2.27. The van der Waals surface area contributed by atoms with Gasteiger partial charge in [0.05, 0.1) is 19.2 Å². The third kappa shape index (κ3) is 2.23. The van der Waals surface area contributed by atoms with E-state index in [9.17, 15) is 0 Å². The van der Waals surface area contributed by atoms with Gasteiger partial charge < -0.3 is 4.74 Å². The van der Waals surface area contributed by atoms with E-state index in [4.69, 9.17) is 21.2 Å². The Morgan fingerprint density at radius 1 is 1.47 bits per heavy atom. The van der Waals surface area contributed by atoms with Crippen LogP contribution in [0.4, 0.5) is 0 Å². The Labute approximate surface area is 93.5 Å². The summed E-state index contributed by atoms with van der Waals surface area (Å²) in [6.07, 6.45) is -0.244. The van der Waals surface area contributed by atoms with E-state index in [0.717, 1.165) is 11.3 Å². The largest absolute Gasteiger partial charge is 0.496 e. The lowest BCUT2D eigenvalue weighted by atomic mass is 10.2. The highest BCUT2D eigenvalue weighted by Gasteiger charge is 2.26. The van der Waals surface area contributed by atoms with Gasteiger partial charge in [0.25, 0.3) is 0 Å². The molecule has 1 heterocycles. The Hall–Kier alpha value is -0.810. The second kappa shape index (κ2) is 4.81. The van der Waals surface area contributed by atoms with Crippen molar-refractivity contribution in [3.05, 3.63) is 29.8 Å². The van der Waals surface area contributed by atoms with Gasteiger partial charge in [-0.2, -0.15) is 5.48 Å². The molecule has 15 heavy (non-hydrogen) atoms. The lowest BCUT2D eigenvalue weighted by Gasteiger charge is -2.13. The average Bonchev–Trinajstić information content (AvgIpc) is 2.77. The molecule has 0 spiro atoms. The van der Waals surface area contributed by atoms with Gasteiger partial charge in [-0.1, -0.05) is 18.2 Å². The molecule has 0 aromatic heterocycles. The molecule has 0 radical (unpaired) electrons. The number of hydrogen-bond acceptors (Lipinski definition) is 4. The first-order valence-electron chi connectivity index (χ1n) is 4.71. The summed E-state index contributed by atoms with van der Waals surface area (Å²) in [7, 11) is 1.64. The van der Waals surface area contributed by atoms with Crippen LogP contribution in [0.1, 0.15) is 11.8 Å². The maximum absolute atomic E-state index is 5.70. The van der Waals surface area contributed by atoms with Gasteiger partial charge in [0.1, 0.15) is 5.75 Å². The van der Waals surface area contributed by atoms with Crippen molar-refractivity contribution >= 4 is 11.6 Å². The minimum absolute atomic E-state index is 0.0263. The summed E-state index contributed by atoms with van der Waals surface area (Å²) < 4.78 is 5.25. The minimum Gasteiger partial charge on any atom is -0.496 e. The molecule has 1 aliphatic rings. The Morgan fingerprint density at radius 2 is 2.27 bits per heavy atom. The van der Waals surface area contributed by atoms with Crippen LogP contribution in [0.3, 0.4) is 0 Å². The van der Waals surface area contributed by atoms with Gasteiger partial charge in [0.15, 0.2) is 6.23 Å². The monoisotopic (exact) mass is 228 g/mol. The van der Waals surface area contributed by atoms with Gasteiger partial charge in [-0.3, -0.25) is 10.2 Å². The van der Waals surface area contributed by atoms with Gasteiger partial charge in [-0.25, -0.2) is 0 Å². The zero-order valence-corrected chi connectivity index (χ0v) is 9.12. The van der Waals surface area contributed by atoms with E-state index in [1.165, 1.54) is 0 Å². The number of benzene rings is 1. The molecule has 1 saturated heterocycles. The molecule has 0 aliphatic carbocycles. The number of ether oxygens (including phenoxy) is 1. The normalized spacial score (nSPS) is 25.5. The van der Waals surface area contributed by atoms with E-state index in [1.807, 2.05) is 24.3 Å². The molecule has 2 atom stereocenters. The van der Waals surface area contributed by atoms with Gasteiger partial charge in [0, 0.05) is 5.56 Å². The molecule has 4 nitrogen and oxygen atoms in total. The van der Waals surface area contributed by atoms with Crippen molar-refractivity contribution in [2.45, 2.75) is 12.4 Å². The molecule has 0 saturated carbocycles. The number of nitrogens with one attached hydrogen (secondary N) is 2. The van der Waals surface area contributed by atoms with Crippen molar-refractivity contribution in [1.82, 2.24) is 10.8 Å². The second-order valence-electron chi connectivity index (χ2n) is 3.23. The molecular formula is C10H13ClN2O2. The fourth-order valence-corrected chi connectivity index (χ4v) is 1.67. The first-order chi connectivity index (χ1) is 7.35. The van der Waals surface area contributed by atoms with Crippen LogP contribution >= 0.6 is 11.6 Å². The molecule has 1 fully saturated rings. The highest BCUT2D eigenvalue weighted by molar-refractivity contribution is 6.18. The fraction of sp³-hybridized carbons (Fsp3) is 0.400. The Bertz CT molecular complexity index is 335. The van der Waals surface area contributed by atoms with Crippen LogP contribution in [0.2, 0.25) is 0 Å². The van der Waals surface area contributed by atoms with Crippen molar-refractivity contribution in [2.75, 3.05) is 13.0 Å². The van der Waals surface area contributed by atoms with Gasteiger partial charge in [-0.05, 0) is 6.07 Å². The van der Waals surface area contributed by atoms with Crippen LogP contribution in [-0.2, 0) is 4.84 Å². The third-order valence-electron chi connectivity index (χ3n) is 2.26. The maximum Gasteiger partial charge on any atom is 0.160 e. The zero-order valence-electron chi connectivity index (χ0n) is 8.37. The first-order valence-corrected chi connectivity index (χ1v) is 5.24. The van der Waals surface area contributed by atoms with E-state index in [1.54, 1.807) is 7.11 Å². The molecule has 5 heteroatoms. The number of hydrogen-bond donors (Lipinski definition) is 2.